The van der Waals surface area contributed by atoms with Gasteiger partial charge in [0.1, 0.15) is 11.6 Å². The van der Waals surface area contributed by atoms with Crippen molar-refractivity contribution >= 4 is 32.8 Å². The summed E-state index contributed by atoms with van der Waals surface area (Å²) in [5, 5.41) is 0. The number of nitrogens with zero attached hydrogens (tertiary/aromatic N) is 2. The van der Waals surface area contributed by atoms with E-state index in [0.717, 1.165) is 9.99 Å². The summed E-state index contributed by atoms with van der Waals surface area (Å²) in [7, 11) is 0. The Morgan fingerprint density at radius 2 is 2.11 bits per heavy atom. The highest BCUT2D eigenvalue weighted by Crippen LogP contribution is 2.26. The van der Waals surface area contributed by atoms with Crippen molar-refractivity contribution < 1.29 is 4.39 Å². The lowest BCUT2D eigenvalue weighted by Crippen LogP contribution is -1.92. The minimum atomic E-state index is -0.367. The molecule has 90 valence electrons. The van der Waals surface area contributed by atoms with E-state index in [4.69, 9.17) is 5.73 Å². The molecule has 0 amide bonds. The molecule has 0 aliphatic rings. The number of rotatable bonds is 1. The van der Waals surface area contributed by atoms with Gasteiger partial charge < -0.3 is 10.7 Å². The summed E-state index contributed by atoms with van der Waals surface area (Å²) in [5.41, 5.74) is 8.16. The number of imidazole rings is 1. The molecule has 0 aliphatic carbocycles. The van der Waals surface area contributed by atoms with Crippen LogP contribution in [-0.4, -0.2) is 15.0 Å². The Labute approximate surface area is 110 Å². The number of H-pyrrole nitrogens is 1. The molecular weight excluding hydrogens is 299 g/mol. The fraction of sp³-hybridized carbons (Fsp3) is 0. The lowest BCUT2D eigenvalue weighted by Gasteiger charge is -2.01. The van der Waals surface area contributed by atoms with Crippen molar-refractivity contribution in [3.63, 3.8) is 0 Å². The van der Waals surface area contributed by atoms with E-state index in [-0.39, 0.29) is 5.82 Å². The first-order valence-corrected chi connectivity index (χ1v) is 5.99. The van der Waals surface area contributed by atoms with Gasteiger partial charge in [0.25, 0.3) is 0 Å². The zero-order valence-electron chi connectivity index (χ0n) is 9.11. The van der Waals surface area contributed by atoms with Crippen LogP contribution in [0.15, 0.2) is 34.9 Å². The maximum absolute atomic E-state index is 13.0. The molecule has 3 N–H and O–H groups in total. The molecule has 0 bridgehead atoms. The zero-order chi connectivity index (χ0) is 12.7. The Morgan fingerprint density at radius 1 is 1.28 bits per heavy atom. The second kappa shape index (κ2) is 4.06. The first kappa shape index (κ1) is 11.2. The second-order valence-corrected chi connectivity index (χ2v) is 4.76. The summed E-state index contributed by atoms with van der Waals surface area (Å²) in [6.07, 6.45) is 1.67. The number of aromatic nitrogens is 3. The second-order valence-electron chi connectivity index (χ2n) is 3.84. The number of hydrogen-bond acceptors (Lipinski definition) is 3. The van der Waals surface area contributed by atoms with Gasteiger partial charge in [-0.2, -0.15) is 0 Å². The topological polar surface area (TPSA) is 67.6 Å². The van der Waals surface area contributed by atoms with Crippen LogP contribution in [0.1, 0.15) is 0 Å². The largest absolute Gasteiger partial charge is 0.398 e. The third-order valence-corrected chi connectivity index (χ3v) is 3.01. The number of fused-ring (bicyclic) bond motifs is 1. The molecule has 0 atom stereocenters. The highest BCUT2D eigenvalue weighted by Gasteiger charge is 2.10. The lowest BCUT2D eigenvalue weighted by atomic mass is 10.1. The lowest BCUT2D eigenvalue weighted by molar-refractivity contribution is 0.628. The van der Waals surface area contributed by atoms with E-state index >= 15 is 0 Å². The highest BCUT2D eigenvalue weighted by atomic mass is 79.9. The Kier molecular flexibility index (Phi) is 2.52. The van der Waals surface area contributed by atoms with Gasteiger partial charge in [0.15, 0.2) is 5.65 Å². The molecule has 0 spiro atoms. The molecule has 3 aromatic rings. The molecule has 4 nitrogen and oxygen atoms in total. The van der Waals surface area contributed by atoms with Crippen molar-refractivity contribution in [1.82, 2.24) is 15.0 Å². The molecule has 3 rings (SSSR count). The first-order valence-electron chi connectivity index (χ1n) is 5.20. The number of benzene rings is 1. The van der Waals surface area contributed by atoms with Crippen LogP contribution in [0.4, 0.5) is 10.1 Å². The number of nitrogen functional groups attached to an aromatic ring is 1. The molecule has 0 radical (unpaired) electrons. The van der Waals surface area contributed by atoms with Crippen molar-refractivity contribution in [2.24, 2.45) is 0 Å². The number of hydrogen-bond donors (Lipinski definition) is 2. The van der Waals surface area contributed by atoms with Gasteiger partial charge in [-0.25, -0.2) is 14.4 Å². The molecule has 18 heavy (non-hydrogen) atoms. The standard InChI is InChI=1S/C12H8BrFN4/c13-6-3-10-12(16-5-6)18-11(17-10)8-2-1-7(14)4-9(8)15/h1-5H,15H2,(H,16,17,18). The Bertz CT molecular complexity index is 738. The van der Waals surface area contributed by atoms with Crippen LogP contribution in [0.2, 0.25) is 0 Å². The summed E-state index contributed by atoms with van der Waals surface area (Å²) in [6.45, 7) is 0. The Hall–Kier alpha value is -1.95. The van der Waals surface area contributed by atoms with E-state index in [0.29, 0.717) is 22.7 Å². The van der Waals surface area contributed by atoms with Gasteiger partial charge in [0.05, 0.1) is 5.52 Å². The van der Waals surface area contributed by atoms with E-state index in [2.05, 4.69) is 30.9 Å². The smallest absolute Gasteiger partial charge is 0.178 e. The number of aromatic amines is 1. The number of anilines is 1. The van der Waals surface area contributed by atoms with Gasteiger partial charge in [0.2, 0.25) is 0 Å². The molecule has 0 saturated carbocycles. The predicted molar refractivity (Wildman–Crippen MR) is 71.4 cm³/mol. The first-order chi connectivity index (χ1) is 8.63. The SMILES string of the molecule is Nc1cc(F)ccc1-c1nc2ncc(Br)cc2[nH]1. The van der Waals surface area contributed by atoms with E-state index in [9.17, 15) is 4.39 Å². The normalized spacial score (nSPS) is 11.0. The van der Waals surface area contributed by atoms with Gasteiger partial charge in [-0.3, -0.25) is 0 Å². The quantitative estimate of drug-likeness (QED) is 0.679. The van der Waals surface area contributed by atoms with E-state index in [1.165, 1.54) is 12.1 Å². The van der Waals surface area contributed by atoms with Gasteiger partial charge >= 0.3 is 0 Å². The molecule has 0 aliphatic heterocycles. The number of halogens is 2. The fourth-order valence-corrected chi connectivity index (χ4v) is 2.08. The summed E-state index contributed by atoms with van der Waals surface area (Å²) in [5.74, 6) is 0.210. The van der Waals surface area contributed by atoms with Crippen LogP contribution in [0.5, 0.6) is 0 Å². The van der Waals surface area contributed by atoms with Gasteiger partial charge in [-0.15, -0.1) is 0 Å². The van der Waals surface area contributed by atoms with Crippen molar-refractivity contribution in [2.45, 2.75) is 0 Å². The van der Waals surface area contributed by atoms with E-state index < -0.39 is 0 Å². The maximum Gasteiger partial charge on any atom is 0.178 e. The van der Waals surface area contributed by atoms with Gasteiger partial charge in [-0.1, -0.05) is 0 Å². The van der Waals surface area contributed by atoms with Crippen LogP contribution >= 0.6 is 15.9 Å². The molecule has 0 saturated heterocycles. The molecule has 0 unspecified atom stereocenters. The maximum atomic E-state index is 13.0. The molecule has 2 heterocycles. The van der Waals surface area contributed by atoms with Crippen LogP contribution in [-0.2, 0) is 0 Å². The minimum Gasteiger partial charge on any atom is -0.398 e. The molecule has 6 heteroatoms. The van der Waals surface area contributed by atoms with Crippen LogP contribution < -0.4 is 5.73 Å². The van der Waals surface area contributed by atoms with E-state index in [1.807, 2.05) is 6.07 Å². The zero-order valence-corrected chi connectivity index (χ0v) is 10.7. The molecule has 2 aromatic heterocycles. The monoisotopic (exact) mass is 306 g/mol. The van der Waals surface area contributed by atoms with Crippen molar-refractivity contribution in [1.29, 1.82) is 0 Å². The molecule has 0 fully saturated rings. The average Bonchev–Trinajstić information content (AvgIpc) is 2.71. The Morgan fingerprint density at radius 3 is 2.89 bits per heavy atom. The Balaban J connectivity index is 2.19. The summed E-state index contributed by atoms with van der Waals surface area (Å²) < 4.78 is 13.9. The fourth-order valence-electron chi connectivity index (χ4n) is 1.75. The van der Waals surface area contributed by atoms with Crippen LogP contribution in [0.25, 0.3) is 22.6 Å². The summed E-state index contributed by atoms with van der Waals surface area (Å²) in [6, 6.07) is 6.09. The minimum absolute atomic E-state index is 0.341. The number of pyridine rings is 1. The molecule has 1 aromatic carbocycles. The van der Waals surface area contributed by atoms with Crippen LogP contribution in [0.3, 0.4) is 0 Å². The predicted octanol–water partition coefficient (Wildman–Crippen LogP) is 3.11. The number of nitrogens with two attached hydrogens (primary N) is 1. The summed E-state index contributed by atoms with van der Waals surface area (Å²) >= 11 is 3.34. The molecular formula is C12H8BrFN4. The number of nitrogens with one attached hydrogen (secondary N) is 1. The van der Waals surface area contributed by atoms with Crippen LogP contribution in [0, 0.1) is 5.82 Å². The van der Waals surface area contributed by atoms with Gasteiger partial charge in [0, 0.05) is 21.9 Å². The average molecular weight is 307 g/mol. The van der Waals surface area contributed by atoms with Crippen molar-refractivity contribution in [3.8, 4) is 11.4 Å². The van der Waals surface area contributed by atoms with Crippen molar-refractivity contribution in [2.75, 3.05) is 5.73 Å². The van der Waals surface area contributed by atoms with Crippen molar-refractivity contribution in [3.05, 3.63) is 40.8 Å². The van der Waals surface area contributed by atoms with Gasteiger partial charge in [-0.05, 0) is 40.2 Å². The third-order valence-electron chi connectivity index (χ3n) is 2.57. The summed E-state index contributed by atoms with van der Waals surface area (Å²) in [4.78, 5) is 11.6. The third kappa shape index (κ3) is 1.84. The highest BCUT2D eigenvalue weighted by molar-refractivity contribution is 9.10. The van der Waals surface area contributed by atoms with E-state index in [1.54, 1.807) is 12.3 Å².